The van der Waals surface area contributed by atoms with Gasteiger partial charge >= 0.3 is 0 Å². The van der Waals surface area contributed by atoms with Gasteiger partial charge in [-0.25, -0.2) is 0 Å². The summed E-state index contributed by atoms with van der Waals surface area (Å²) in [5.41, 5.74) is 2.19. The summed E-state index contributed by atoms with van der Waals surface area (Å²) in [6, 6.07) is 8.65. The predicted molar refractivity (Wildman–Crippen MR) is 86.0 cm³/mol. The summed E-state index contributed by atoms with van der Waals surface area (Å²) in [5.74, 6) is 0.884. The largest absolute Gasteiger partial charge is 0.383 e. The van der Waals surface area contributed by atoms with Crippen molar-refractivity contribution in [2.24, 2.45) is 5.92 Å². The number of hydrogen-bond acceptors (Lipinski definition) is 2. The molecule has 0 aliphatic carbocycles. The lowest BCUT2D eigenvalue weighted by molar-refractivity contribution is -0.127. The van der Waals surface area contributed by atoms with Gasteiger partial charge in [-0.15, -0.1) is 0 Å². The minimum Gasteiger partial charge on any atom is -0.383 e. The molecule has 3 heteroatoms. The summed E-state index contributed by atoms with van der Waals surface area (Å²) < 4.78 is 0. The van der Waals surface area contributed by atoms with E-state index in [0.717, 1.165) is 17.2 Å². The first-order valence-corrected chi connectivity index (χ1v) is 7.44. The summed E-state index contributed by atoms with van der Waals surface area (Å²) in [6.07, 6.45) is 2.89. The Hall–Kier alpha value is -1.51. The Labute approximate surface area is 123 Å². The van der Waals surface area contributed by atoms with Gasteiger partial charge in [0, 0.05) is 25.8 Å². The molecule has 0 saturated heterocycles. The number of nitrogens with zero attached hydrogens (tertiary/aromatic N) is 1. The highest BCUT2D eigenvalue weighted by Crippen LogP contribution is 2.15. The fraction of sp³-hybridized carbons (Fsp3) is 0.588. The van der Waals surface area contributed by atoms with Gasteiger partial charge in [0.1, 0.15) is 0 Å². The van der Waals surface area contributed by atoms with E-state index in [1.807, 2.05) is 12.1 Å². The Morgan fingerprint density at radius 2 is 1.70 bits per heavy atom. The summed E-state index contributed by atoms with van der Waals surface area (Å²) in [7, 11) is 3.57. The lowest BCUT2D eigenvalue weighted by Crippen LogP contribution is -2.23. The van der Waals surface area contributed by atoms with Crippen LogP contribution in [0.4, 0.5) is 5.69 Å². The first kappa shape index (κ1) is 16.5. The van der Waals surface area contributed by atoms with Gasteiger partial charge in [-0.3, -0.25) is 4.79 Å². The van der Waals surface area contributed by atoms with Gasteiger partial charge in [0.2, 0.25) is 5.91 Å². The van der Waals surface area contributed by atoms with Gasteiger partial charge < -0.3 is 10.2 Å². The number of carbonyl (C=O) groups excluding carboxylic acids is 1. The molecule has 0 bridgehead atoms. The van der Waals surface area contributed by atoms with Crippen LogP contribution in [0.1, 0.15) is 39.2 Å². The predicted octanol–water partition coefficient (Wildman–Crippen LogP) is 3.55. The van der Waals surface area contributed by atoms with Crippen molar-refractivity contribution in [2.75, 3.05) is 19.4 Å². The van der Waals surface area contributed by atoms with Crippen LogP contribution in [0.3, 0.4) is 0 Å². The molecule has 0 aliphatic rings. The molecule has 0 saturated carbocycles. The standard InChI is InChI=1S/C17H28N2O/c1-13(2)6-7-14(3)18-16-10-8-15(9-11-16)12-17(20)19(4)5/h8-11,13-14,18H,6-7,12H2,1-5H3. The van der Waals surface area contributed by atoms with Crippen LogP contribution >= 0.6 is 0 Å². The Morgan fingerprint density at radius 3 is 2.20 bits per heavy atom. The highest BCUT2D eigenvalue weighted by Gasteiger charge is 2.06. The molecule has 20 heavy (non-hydrogen) atoms. The van der Waals surface area contributed by atoms with E-state index in [2.05, 4.69) is 38.2 Å². The Bertz CT molecular complexity index is 410. The highest BCUT2D eigenvalue weighted by molar-refractivity contribution is 5.78. The molecule has 1 rings (SSSR count). The molecular formula is C17H28N2O. The molecule has 0 aliphatic heterocycles. The third-order valence-electron chi connectivity index (χ3n) is 3.40. The van der Waals surface area contributed by atoms with E-state index < -0.39 is 0 Å². The first-order valence-electron chi connectivity index (χ1n) is 7.44. The summed E-state index contributed by atoms with van der Waals surface area (Å²) in [6.45, 7) is 6.72. The maximum absolute atomic E-state index is 11.6. The van der Waals surface area contributed by atoms with E-state index in [1.54, 1.807) is 19.0 Å². The third kappa shape index (κ3) is 6.09. The van der Waals surface area contributed by atoms with Crippen LogP contribution in [0.2, 0.25) is 0 Å². The lowest BCUT2D eigenvalue weighted by Gasteiger charge is -2.17. The minimum atomic E-state index is 0.135. The number of amides is 1. The van der Waals surface area contributed by atoms with Crippen molar-refractivity contribution in [3.05, 3.63) is 29.8 Å². The van der Waals surface area contributed by atoms with Crippen LogP contribution < -0.4 is 5.32 Å². The molecule has 1 unspecified atom stereocenters. The van der Waals surface area contributed by atoms with Crippen LogP contribution in [-0.2, 0) is 11.2 Å². The van der Waals surface area contributed by atoms with Crippen LogP contribution in [0.15, 0.2) is 24.3 Å². The molecule has 1 aromatic carbocycles. The summed E-state index contributed by atoms with van der Waals surface area (Å²) in [5, 5.41) is 3.51. The van der Waals surface area contributed by atoms with E-state index in [1.165, 1.54) is 12.8 Å². The van der Waals surface area contributed by atoms with Crippen LogP contribution in [0.25, 0.3) is 0 Å². The second-order valence-corrected chi connectivity index (χ2v) is 6.18. The van der Waals surface area contributed by atoms with Gasteiger partial charge in [0.25, 0.3) is 0 Å². The molecule has 1 atom stereocenters. The van der Waals surface area contributed by atoms with Gasteiger partial charge in [-0.1, -0.05) is 26.0 Å². The molecule has 0 radical (unpaired) electrons. The van der Waals surface area contributed by atoms with Crippen LogP contribution in [0.5, 0.6) is 0 Å². The molecule has 1 N–H and O–H groups in total. The quantitative estimate of drug-likeness (QED) is 0.826. The molecule has 112 valence electrons. The topological polar surface area (TPSA) is 32.3 Å². The van der Waals surface area contributed by atoms with Crippen molar-refractivity contribution in [1.82, 2.24) is 4.90 Å². The monoisotopic (exact) mass is 276 g/mol. The number of hydrogen-bond donors (Lipinski definition) is 1. The molecule has 0 fully saturated rings. The third-order valence-corrected chi connectivity index (χ3v) is 3.40. The van der Waals surface area contributed by atoms with Gasteiger partial charge in [0.15, 0.2) is 0 Å². The SMILES string of the molecule is CC(C)CCC(C)Nc1ccc(CC(=O)N(C)C)cc1. The van der Waals surface area contributed by atoms with Gasteiger partial charge in [0.05, 0.1) is 6.42 Å². The van der Waals surface area contributed by atoms with Crippen molar-refractivity contribution in [1.29, 1.82) is 0 Å². The van der Waals surface area contributed by atoms with Crippen molar-refractivity contribution in [3.8, 4) is 0 Å². The Morgan fingerprint density at radius 1 is 1.10 bits per heavy atom. The van der Waals surface area contributed by atoms with E-state index in [-0.39, 0.29) is 5.91 Å². The van der Waals surface area contributed by atoms with Crippen molar-refractivity contribution in [2.45, 2.75) is 46.1 Å². The number of likely N-dealkylation sites (N-methyl/N-ethyl adjacent to an activating group) is 1. The molecule has 1 amide bonds. The second kappa shape index (κ2) is 7.93. The van der Waals surface area contributed by atoms with E-state index in [4.69, 9.17) is 0 Å². The zero-order valence-corrected chi connectivity index (χ0v) is 13.4. The maximum atomic E-state index is 11.6. The average molecular weight is 276 g/mol. The van der Waals surface area contributed by atoms with E-state index >= 15 is 0 Å². The van der Waals surface area contributed by atoms with Gasteiger partial charge in [-0.2, -0.15) is 0 Å². The molecule has 0 heterocycles. The average Bonchev–Trinajstić information content (AvgIpc) is 2.38. The summed E-state index contributed by atoms with van der Waals surface area (Å²) in [4.78, 5) is 13.3. The molecule has 0 aromatic heterocycles. The minimum absolute atomic E-state index is 0.135. The second-order valence-electron chi connectivity index (χ2n) is 6.18. The molecular weight excluding hydrogens is 248 g/mol. The smallest absolute Gasteiger partial charge is 0.226 e. The molecule has 3 nitrogen and oxygen atoms in total. The zero-order chi connectivity index (χ0) is 15.1. The van der Waals surface area contributed by atoms with Crippen molar-refractivity contribution in [3.63, 3.8) is 0 Å². The van der Waals surface area contributed by atoms with E-state index in [0.29, 0.717) is 12.5 Å². The fourth-order valence-corrected chi connectivity index (χ4v) is 1.99. The van der Waals surface area contributed by atoms with E-state index in [9.17, 15) is 4.79 Å². The van der Waals surface area contributed by atoms with Crippen LogP contribution in [0, 0.1) is 5.92 Å². The Kier molecular flexibility index (Phi) is 6.56. The van der Waals surface area contributed by atoms with Gasteiger partial charge in [-0.05, 0) is 43.4 Å². The number of rotatable bonds is 7. The zero-order valence-electron chi connectivity index (χ0n) is 13.4. The fourth-order valence-electron chi connectivity index (χ4n) is 1.99. The first-order chi connectivity index (χ1) is 9.38. The molecule has 1 aromatic rings. The number of benzene rings is 1. The number of anilines is 1. The van der Waals surface area contributed by atoms with Crippen LogP contribution in [-0.4, -0.2) is 30.9 Å². The number of carbonyl (C=O) groups is 1. The normalized spacial score (nSPS) is 12.3. The molecule has 0 spiro atoms. The summed E-state index contributed by atoms with van der Waals surface area (Å²) >= 11 is 0. The number of nitrogens with one attached hydrogen (secondary N) is 1. The highest BCUT2D eigenvalue weighted by atomic mass is 16.2. The Balaban J connectivity index is 2.48. The van der Waals surface area contributed by atoms with Crippen molar-refractivity contribution < 1.29 is 4.79 Å². The lowest BCUT2D eigenvalue weighted by atomic mass is 10.0. The van der Waals surface area contributed by atoms with Crippen molar-refractivity contribution >= 4 is 11.6 Å². The maximum Gasteiger partial charge on any atom is 0.226 e.